The first kappa shape index (κ1) is 20.0. The third kappa shape index (κ3) is 3.48. The van der Waals surface area contributed by atoms with Crippen LogP contribution in [0.5, 0.6) is 0 Å². The quantitative estimate of drug-likeness (QED) is 0.453. The maximum Gasteiger partial charge on any atom is 0.417 e. The van der Waals surface area contributed by atoms with Crippen LogP contribution in [0.4, 0.5) is 26.3 Å². The zero-order chi connectivity index (χ0) is 20.0. The standard InChI is InChI=1S/C19H16F6O/c1-9-5-7-13(18(20,21)22)15(11(9)3)17(26)16-12(4)10(2)6-8-14(16)19(23,24)25/h5-8H,1-4H3. The monoisotopic (exact) mass is 374 g/mol. The molecule has 0 spiro atoms. The fourth-order valence-corrected chi connectivity index (χ4v) is 2.81. The van der Waals surface area contributed by atoms with E-state index in [1.165, 1.54) is 39.8 Å². The Kier molecular flexibility index (Phi) is 4.96. The molecule has 0 saturated heterocycles. The van der Waals surface area contributed by atoms with Crippen molar-refractivity contribution in [2.24, 2.45) is 0 Å². The summed E-state index contributed by atoms with van der Waals surface area (Å²) < 4.78 is 80.3. The molecule has 2 rings (SSSR count). The van der Waals surface area contributed by atoms with E-state index < -0.39 is 40.4 Å². The lowest BCUT2D eigenvalue weighted by Gasteiger charge is -2.20. The van der Waals surface area contributed by atoms with Gasteiger partial charge in [-0.2, -0.15) is 26.3 Å². The summed E-state index contributed by atoms with van der Waals surface area (Å²) in [6.45, 7) is 5.60. The van der Waals surface area contributed by atoms with Gasteiger partial charge in [0.2, 0.25) is 0 Å². The predicted molar refractivity (Wildman–Crippen MR) is 85.3 cm³/mol. The smallest absolute Gasteiger partial charge is 0.289 e. The third-order valence-electron chi connectivity index (χ3n) is 4.54. The van der Waals surface area contributed by atoms with E-state index in [0.29, 0.717) is 11.1 Å². The Morgan fingerprint density at radius 2 is 0.962 bits per heavy atom. The van der Waals surface area contributed by atoms with E-state index in [1.54, 1.807) is 0 Å². The molecule has 0 saturated carbocycles. The maximum atomic E-state index is 13.4. The molecule has 26 heavy (non-hydrogen) atoms. The van der Waals surface area contributed by atoms with Gasteiger partial charge in [0.25, 0.3) is 0 Å². The summed E-state index contributed by atoms with van der Waals surface area (Å²) >= 11 is 0. The first-order valence-electron chi connectivity index (χ1n) is 7.66. The van der Waals surface area contributed by atoms with Gasteiger partial charge in [0.1, 0.15) is 0 Å². The van der Waals surface area contributed by atoms with Crippen LogP contribution in [0, 0.1) is 27.7 Å². The van der Waals surface area contributed by atoms with Gasteiger partial charge in [-0.05, 0) is 62.1 Å². The number of halogens is 6. The van der Waals surface area contributed by atoms with Gasteiger partial charge >= 0.3 is 12.4 Å². The summed E-state index contributed by atoms with van der Waals surface area (Å²) in [5.74, 6) is -1.27. The number of hydrogen-bond acceptors (Lipinski definition) is 1. The van der Waals surface area contributed by atoms with E-state index in [1.807, 2.05) is 0 Å². The summed E-state index contributed by atoms with van der Waals surface area (Å²) in [6, 6.07) is 3.85. The molecule has 0 heterocycles. The number of benzene rings is 2. The van der Waals surface area contributed by atoms with Crippen LogP contribution in [0.3, 0.4) is 0 Å². The zero-order valence-electron chi connectivity index (χ0n) is 14.5. The lowest BCUT2D eigenvalue weighted by atomic mass is 9.86. The molecule has 0 aliphatic rings. The van der Waals surface area contributed by atoms with Gasteiger partial charge < -0.3 is 0 Å². The molecular weight excluding hydrogens is 358 g/mol. The van der Waals surface area contributed by atoms with E-state index in [0.717, 1.165) is 12.1 Å². The van der Waals surface area contributed by atoms with Gasteiger partial charge in [-0.15, -0.1) is 0 Å². The minimum Gasteiger partial charge on any atom is -0.289 e. The second kappa shape index (κ2) is 6.45. The Hall–Kier alpha value is -2.31. The minimum atomic E-state index is -4.86. The van der Waals surface area contributed by atoms with Gasteiger partial charge in [-0.25, -0.2) is 0 Å². The molecule has 0 aromatic heterocycles. The van der Waals surface area contributed by atoms with Crippen molar-refractivity contribution < 1.29 is 31.1 Å². The Bertz CT molecular complexity index is 804. The van der Waals surface area contributed by atoms with Crippen molar-refractivity contribution in [2.45, 2.75) is 40.0 Å². The molecule has 0 aliphatic carbocycles. The van der Waals surface area contributed by atoms with Gasteiger partial charge in [0.05, 0.1) is 11.1 Å². The van der Waals surface area contributed by atoms with Crippen LogP contribution in [0.1, 0.15) is 49.3 Å². The average Bonchev–Trinajstić information content (AvgIpc) is 2.49. The Balaban J connectivity index is 2.88. The van der Waals surface area contributed by atoms with Crippen molar-refractivity contribution in [3.05, 3.63) is 68.8 Å². The summed E-state index contributed by atoms with van der Waals surface area (Å²) in [5, 5.41) is 0. The minimum absolute atomic E-state index is 0.0128. The molecule has 2 aromatic rings. The number of aryl methyl sites for hydroxylation is 2. The van der Waals surface area contributed by atoms with Crippen LogP contribution in [0.2, 0.25) is 0 Å². The number of carbonyl (C=O) groups excluding carboxylic acids is 1. The molecule has 0 atom stereocenters. The fourth-order valence-electron chi connectivity index (χ4n) is 2.81. The second-order valence-corrected chi connectivity index (χ2v) is 6.18. The SMILES string of the molecule is Cc1ccc(C(F)(F)F)c(C(=O)c2c(C(F)(F)F)ccc(C)c2C)c1C. The highest BCUT2D eigenvalue weighted by Gasteiger charge is 2.40. The molecule has 0 unspecified atom stereocenters. The van der Waals surface area contributed by atoms with Gasteiger partial charge in [-0.1, -0.05) is 12.1 Å². The largest absolute Gasteiger partial charge is 0.417 e. The highest BCUT2D eigenvalue weighted by molar-refractivity contribution is 6.13. The maximum absolute atomic E-state index is 13.4. The van der Waals surface area contributed by atoms with Crippen molar-refractivity contribution in [2.75, 3.05) is 0 Å². The highest BCUT2D eigenvalue weighted by Crippen LogP contribution is 2.39. The predicted octanol–water partition coefficient (Wildman–Crippen LogP) is 6.19. The van der Waals surface area contributed by atoms with Crippen LogP contribution in [0.15, 0.2) is 24.3 Å². The topological polar surface area (TPSA) is 17.1 Å². The van der Waals surface area contributed by atoms with E-state index in [2.05, 4.69) is 0 Å². The van der Waals surface area contributed by atoms with Crippen LogP contribution >= 0.6 is 0 Å². The van der Waals surface area contributed by atoms with Crippen molar-refractivity contribution in [3.63, 3.8) is 0 Å². The molecular formula is C19H16F6O. The van der Waals surface area contributed by atoms with Crippen molar-refractivity contribution >= 4 is 5.78 Å². The van der Waals surface area contributed by atoms with Crippen molar-refractivity contribution in [1.29, 1.82) is 0 Å². The molecule has 0 fully saturated rings. The molecule has 140 valence electrons. The normalized spacial score (nSPS) is 12.4. The van der Waals surface area contributed by atoms with E-state index >= 15 is 0 Å². The third-order valence-corrected chi connectivity index (χ3v) is 4.54. The number of carbonyl (C=O) groups is 1. The van der Waals surface area contributed by atoms with Crippen LogP contribution in [-0.2, 0) is 12.4 Å². The molecule has 0 radical (unpaired) electrons. The summed E-state index contributed by atoms with van der Waals surface area (Å²) in [4.78, 5) is 12.9. The summed E-state index contributed by atoms with van der Waals surface area (Å²) in [5.41, 5.74) is -3.15. The van der Waals surface area contributed by atoms with Crippen molar-refractivity contribution in [1.82, 2.24) is 0 Å². The first-order valence-corrected chi connectivity index (χ1v) is 7.66. The van der Waals surface area contributed by atoms with Crippen LogP contribution < -0.4 is 0 Å². The Labute approximate surface area is 146 Å². The molecule has 0 amide bonds. The lowest BCUT2D eigenvalue weighted by Crippen LogP contribution is -2.21. The Morgan fingerprint density at radius 3 is 1.23 bits per heavy atom. The number of rotatable bonds is 2. The highest BCUT2D eigenvalue weighted by atomic mass is 19.4. The molecule has 1 nitrogen and oxygen atoms in total. The summed E-state index contributed by atoms with van der Waals surface area (Å²) in [6.07, 6.45) is -9.72. The number of alkyl halides is 6. The number of ketones is 1. The Morgan fingerprint density at radius 1 is 0.654 bits per heavy atom. The molecule has 0 N–H and O–H groups in total. The van der Waals surface area contributed by atoms with E-state index in [4.69, 9.17) is 0 Å². The van der Waals surface area contributed by atoms with Crippen LogP contribution in [0.25, 0.3) is 0 Å². The molecule has 2 aromatic carbocycles. The molecule has 0 bridgehead atoms. The van der Waals surface area contributed by atoms with Gasteiger partial charge in [0.15, 0.2) is 5.78 Å². The van der Waals surface area contributed by atoms with Gasteiger partial charge in [0, 0.05) is 11.1 Å². The van der Waals surface area contributed by atoms with E-state index in [-0.39, 0.29) is 11.1 Å². The second-order valence-electron chi connectivity index (χ2n) is 6.18. The zero-order valence-corrected chi connectivity index (χ0v) is 14.5. The average molecular weight is 374 g/mol. The fraction of sp³-hybridized carbons (Fsp3) is 0.316. The van der Waals surface area contributed by atoms with E-state index in [9.17, 15) is 31.1 Å². The molecule has 7 heteroatoms. The lowest BCUT2D eigenvalue weighted by molar-refractivity contribution is -0.138. The van der Waals surface area contributed by atoms with Gasteiger partial charge in [-0.3, -0.25) is 4.79 Å². The first-order chi connectivity index (χ1) is 11.8. The molecule has 0 aliphatic heterocycles. The van der Waals surface area contributed by atoms with Crippen LogP contribution in [-0.4, -0.2) is 5.78 Å². The summed E-state index contributed by atoms with van der Waals surface area (Å²) in [7, 11) is 0. The number of hydrogen-bond donors (Lipinski definition) is 0. The van der Waals surface area contributed by atoms with Crippen molar-refractivity contribution in [3.8, 4) is 0 Å².